The van der Waals surface area contributed by atoms with Crippen molar-refractivity contribution in [3.05, 3.63) is 0 Å². The molecule has 0 amide bonds. The number of nitrogens with one attached hydrogen (secondary N) is 1. The molecule has 1 saturated heterocycles. The van der Waals surface area contributed by atoms with Gasteiger partial charge in [-0.25, -0.2) is 4.68 Å². The maximum Gasteiger partial charge on any atom is 0.246 e. The van der Waals surface area contributed by atoms with Crippen LogP contribution in [-0.4, -0.2) is 66.6 Å². The summed E-state index contributed by atoms with van der Waals surface area (Å²) in [6.45, 7) is 2.62. The molecule has 0 spiro atoms. The predicted molar refractivity (Wildman–Crippen MR) is 80.0 cm³/mol. The van der Waals surface area contributed by atoms with Gasteiger partial charge in [0.2, 0.25) is 11.9 Å². The molecular formula is C11H19N6O3S. The molecule has 9 nitrogen and oxygen atoms in total. The van der Waals surface area contributed by atoms with E-state index in [-0.39, 0.29) is 10.9 Å². The first-order valence-electron chi connectivity index (χ1n) is 6.44. The molecule has 1 atom stereocenters. The minimum atomic E-state index is -0.753. The second kappa shape index (κ2) is 6.98. The fraction of sp³-hybridized carbons (Fsp3) is 0.727. The van der Waals surface area contributed by atoms with Crippen molar-refractivity contribution in [3.8, 4) is 0 Å². The molecule has 10 heteroatoms. The highest BCUT2D eigenvalue weighted by molar-refractivity contribution is 7.80. The van der Waals surface area contributed by atoms with Crippen LogP contribution in [0.3, 0.4) is 0 Å². The molecular weight excluding hydrogens is 296 g/mol. The van der Waals surface area contributed by atoms with Crippen LogP contribution in [0, 0.1) is 0 Å². The van der Waals surface area contributed by atoms with Crippen molar-refractivity contribution in [3.63, 3.8) is 0 Å². The molecule has 1 fully saturated rings. The van der Waals surface area contributed by atoms with Crippen LogP contribution < -0.4 is 16.4 Å². The Morgan fingerprint density at radius 3 is 2.52 bits per heavy atom. The van der Waals surface area contributed by atoms with Crippen LogP contribution in [0.1, 0.15) is 6.04 Å². The van der Waals surface area contributed by atoms with Gasteiger partial charge in [-0.1, -0.05) is 12.2 Å². The first kappa shape index (κ1) is 15.9. The number of hydrogen-bond acceptors (Lipinski definition) is 8. The summed E-state index contributed by atoms with van der Waals surface area (Å²) in [6, 6.07) is -0.739. The van der Waals surface area contributed by atoms with Gasteiger partial charge in [0.1, 0.15) is 4.99 Å². The van der Waals surface area contributed by atoms with E-state index in [4.69, 9.17) is 37.9 Å². The van der Waals surface area contributed by atoms with Crippen molar-refractivity contribution >= 4 is 29.1 Å². The summed E-state index contributed by atoms with van der Waals surface area (Å²) in [6.07, 6.45) is -0.753. The molecule has 0 aliphatic carbocycles. The molecule has 117 valence electrons. The van der Waals surface area contributed by atoms with E-state index in [0.717, 1.165) is 0 Å². The molecule has 1 aromatic rings. The van der Waals surface area contributed by atoms with Gasteiger partial charge >= 0.3 is 0 Å². The van der Waals surface area contributed by atoms with Gasteiger partial charge < -0.3 is 24.8 Å². The number of thiocarbonyl (C=S) groups is 1. The molecule has 0 bridgehead atoms. The smallest absolute Gasteiger partial charge is 0.246 e. The van der Waals surface area contributed by atoms with E-state index < -0.39 is 12.3 Å². The van der Waals surface area contributed by atoms with Crippen molar-refractivity contribution in [2.75, 3.05) is 51.2 Å². The Hall–Kier alpha value is -1.49. The van der Waals surface area contributed by atoms with Gasteiger partial charge in [0.05, 0.1) is 13.2 Å². The zero-order chi connectivity index (χ0) is 15.4. The third-order valence-electron chi connectivity index (χ3n) is 3.19. The van der Waals surface area contributed by atoms with E-state index in [9.17, 15) is 0 Å². The molecule has 0 aromatic carbocycles. The minimum Gasteiger partial charge on any atom is -0.378 e. The van der Waals surface area contributed by atoms with Crippen LogP contribution in [0.2, 0.25) is 0 Å². The number of rotatable bonds is 6. The summed E-state index contributed by atoms with van der Waals surface area (Å²) in [4.78, 5) is 6.11. The van der Waals surface area contributed by atoms with Gasteiger partial charge in [0, 0.05) is 27.3 Å². The molecule has 1 aromatic heterocycles. The molecule has 1 aliphatic rings. The third kappa shape index (κ3) is 3.40. The van der Waals surface area contributed by atoms with Crippen molar-refractivity contribution in [2.24, 2.45) is 0 Å². The topological polar surface area (TPSA) is 111 Å². The Morgan fingerprint density at radius 2 is 2.00 bits per heavy atom. The number of morpholine rings is 1. The Balaban J connectivity index is 2.28. The number of nitrogens with two attached hydrogens (primary N) is 1. The van der Waals surface area contributed by atoms with E-state index in [1.807, 2.05) is 4.90 Å². The van der Waals surface area contributed by atoms with Crippen molar-refractivity contribution in [1.82, 2.24) is 20.5 Å². The van der Waals surface area contributed by atoms with Gasteiger partial charge in [-0.3, -0.25) is 5.73 Å². The number of hydrogen-bond donors (Lipinski definition) is 1. The molecule has 0 saturated carbocycles. The zero-order valence-corrected chi connectivity index (χ0v) is 12.8. The average molecular weight is 315 g/mol. The van der Waals surface area contributed by atoms with Crippen LogP contribution in [0.25, 0.3) is 0 Å². The summed E-state index contributed by atoms with van der Waals surface area (Å²) in [5, 5.41) is 4.36. The summed E-state index contributed by atoms with van der Waals surface area (Å²) in [5.41, 5.74) is 13.7. The number of ether oxygens (including phenoxy) is 3. The predicted octanol–water partition coefficient (Wildman–Crippen LogP) is -0.533. The van der Waals surface area contributed by atoms with E-state index in [1.54, 1.807) is 0 Å². The molecule has 2 heterocycles. The van der Waals surface area contributed by atoms with Crippen molar-refractivity contribution in [1.29, 1.82) is 0 Å². The number of nitrogens with zero attached hydrogens (tertiary/aromatic N) is 4. The zero-order valence-electron chi connectivity index (χ0n) is 12.0. The monoisotopic (exact) mass is 315 g/mol. The first-order chi connectivity index (χ1) is 10.1. The van der Waals surface area contributed by atoms with E-state index in [2.05, 4.69) is 10.1 Å². The minimum absolute atomic E-state index is 0.0890. The normalized spacial score (nSPS) is 17.2. The number of anilines is 2. The van der Waals surface area contributed by atoms with E-state index >= 15 is 0 Å². The maximum atomic E-state index is 7.75. The highest BCUT2D eigenvalue weighted by atomic mass is 32.1. The molecule has 1 aliphatic heterocycles. The maximum absolute atomic E-state index is 7.75. The van der Waals surface area contributed by atoms with Gasteiger partial charge in [-0.2, -0.15) is 4.98 Å². The second-order valence-electron chi connectivity index (χ2n) is 4.46. The van der Waals surface area contributed by atoms with Gasteiger partial charge in [-0.15, -0.1) is 5.10 Å². The summed E-state index contributed by atoms with van der Waals surface area (Å²) >= 11 is 4.96. The quantitative estimate of drug-likeness (QED) is 0.550. The standard InChI is InChI=1S/C11H19N6O3S/c1-18-9(19-2)7(8(12)21)17-10(13)14-11(15-17)16-3-5-20-6-4-16/h7,9,12H,3-6H2,1-2H3,(H2,13,14,15). The largest absolute Gasteiger partial charge is 0.378 e. The summed E-state index contributed by atoms with van der Waals surface area (Å²) in [5.74, 6) is 0.651. The van der Waals surface area contributed by atoms with E-state index in [1.165, 1.54) is 18.9 Å². The van der Waals surface area contributed by atoms with Crippen molar-refractivity contribution in [2.45, 2.75) is 12.3 Å². The molecule has 2 rings (SSSR count). The number of aromatic nitrogens is 3. The lowest BCUT2D eigenvalue weighted by Crippen LogP contribution is -2.37. The Kier molecular flexibility index (Phi) is 5.28. The van der Waals surface area contributed by atoms with Crippen molar-refractivity contribution < 1.29 is 14.2 Å². The van der Waals surface area contributed by atoms with Crippen LogP contribution in [0.15, 0.2) is 0 Å². The van der Waals surface area contributed by atoms with Crippen LogP contribution in [0.5, 0.6) is 0 Å². The summed E-state index contributed by atoms with van der Waals surface area (Å²) in [7, 11) is 2.94. The first-order valence-corrected chi connectivity index (χ1v) is 6.85. The third-order valence-corrected chi connectivity index (χ3v) is 3.44. The van der Waals surface area contributed by atoms with Gasteiger partial charge in [-0.05, 0) is 0 Å². The lowest BCUT2D eigenvalue weighted by atomic mass is 10.3. The van der Waals surface area contributed by atoms with E-state index in [0.29, 0.717) is 32.3 Å². The molecule has 1 unspecified atom stereocenters. The number of methoxy groups -OCH3 is 2. The fourth-order valence-corrected chi connectivity index (χ4v) is 2.34. The van der Waals surface area contributed by atoms with Gasteiger partial charge in [0.25, 0.3) is 0 Å². The molecule has 1 radical (unpaired) electrons. The van der Waals surface area contributed by atoms with Crippen LogP contribution >= 0.6 is 12.2 Å². The lowest BCUT2D eigenvalue weighted by molar-refractivity contribution is -0.119. The second-order valence-corrected chi connectivity index (χ2v) is 4.90. The molecule has 21 heavy (non-hydrogen) atoms. The van der Waals surface area contributed by atoms with Gasteiger partial charge in [0.15, 0.2) is 12.3 Å². The van der Waals surface area contributed by atoms with Crippen LogP contribution in [0.4, 0.5) is 11.9 Å². The Bertz CT molecular complexity index is 486. The highest BCUT2D eigenvalue weighted by Gasteiger charge is 2.30. The lowest BCUT2D eigenvalue weighted by Gasteiger charge is -2.26. The SMILES string of the molecule is COC(OC)C(C([NH])=S)n1nc(N2CCOCC2)nc1N. The average Bonchev–Trinajstić information content (AvgIpc) is 2.86. The Morgan fingerprint density at radius 1 is 1.38 bits per heavy atom. The Labute approximate surface area is 128 Å². The van der Waals surface area contributed by atoms with Crippen LogP contribution in [-0.2, 0) is 14.2 Å². The molecule has 3 N–H and O–H groups in total. The summed E-state index contributed by atoms with van der Waals surface area (Å²) < 4.78 is 17.0. The number of nitrogen functional groups attached to an aromatic ring is 1. The highest BCUT2D eigenvalue weighted by Crippen LogP contribution is 2.22. The fourth-order valence-electron chi connectivity index (χ4n) is 2.13.